The van der Waals surface area contributed by atoms with Crippen molar-refractivity contribution >= 4 is 27.5 Å². The molecular weight excluding hydrogens is 344 g/mol. The first-order chi connectivity index (χ1) is 11.8. The number of likely N-dealkylation sites (tertiary alicyclic amines) is 1. The van der Waals surface area contributed by atoms with Crippen LogP contribution in [-0.4, -0.2) is 50.8 Å². The van der Waals surface area contributed by atoms with Crippen LogP contribution in [0.5, 0.6) is 0 Å². The maximum atomic E-state index is 12.7. The number of primary sulfonamides is 1. The van der Waals surface area contributed by atoms with Crippen molar-refractivity contribution in [3.63, 3.8) is 0 Å². The SMILES string of the molecule is NC1CCCN(C(=O)C2CC(=O)N(c3cccc(S(N)(=O)=O)c3)C2)C1. The molecule has 25 heavy (non-hydrogen) atoms. The predicted molar refractivity (Wildman–Crippen MR) is 92.1 cm³/mol. The van der Waals surface area contributed by atoms with E-state index in [4.69, 9.17) is 10.9 Å². The maximum Gasteiger partial charge on any atom is 0.238 e. The van der Waals surface area contributed by atoms with E-state index in [1.54, 1.807) is 11.0 Å². The third-order valence-electron chi connectivity index (χ3n) is 4.70. The van der Waals surface area contributed by atoms with E-state index in [0.29, 0.717) is 18.8 Å². The van der Waals surface area contributed by atoms with Crippen LogP contribution in [0.15, 0.2) is 29.2 Å². The lowest BCUT2D eigenvalue weighted by Crippen LogP contribution is -2.48. The van der Waals surface area contributed by atoms with Gasteiger partial charge in [0.25, 0.3) is 0 Å². The van der Waals surface area contributed by atoms with Gasteiger partial charge in [-0.05, 0) is 31.0 Å². The number of piperidine rings is 1. The van der Waals surface area contributed by atoms with Crippen LogP contribution in [0.1, 0.15) is 19.3 Å². The second kappa shape index (κ2) is 6.74. The standard InChI is InChI=1S/C16H22N4O4S/c17-12-3-2-6-19(10-12)16(22)11-7-15(21)20(9-11)13-4-1-5-14(8-13)25(18,23)24/h1,4-5,8,11-12H,2-3,6-7,9-10,17H2,(H2,18,23,24). The molecule has 1 aromatic rings. The molecule has 4 N–H and O–H groups in total. The van der Waals surface area contributed by atoms with Crippen molar-refractivity contribution in [2.75, 3.05) is 24.5 Å². The van der Waals surface area contributed by atoms with Crippen LogP contribution in [0.4, 0.5) is 5.69 Å². The van der Waals surface area contributed by atoms with Crippen LogP contribution < -0.4 is 15.8 Å². The van der Waals surface area contributed by atoms with Crippen molar-refractivity contribution in [2.24, 2.45) is 16.8 Å². The second-order valence-corrected chi connectivity index (χ2v) is 8.20. The topological polar surface area (TPSA) is 127 Å². The predicted octanol–water partition coefficient (Wildman–Crippen LogP) is -0.363. The molecule has 0 spiro atoms. The molecule has 0 aliphatic carbocycles. The Morgan fingerprint density at radius 2 is 2.00 bits per heavy atom. The molecule has 2 saturated heterocycles. The molecule has 2 fully saturated rings. The van der Waals surface area contributed by atoms with Gasteiger partial charge in [-0.2, -0.15) is 0 Å². The van der Waals surface area contributed by atoms with Gasteiger partial charge in [-0.1, -0.05) is 6.07 Å². The molecule has 0 aromatic heterocycles. The van der Waals surface area contributed by atoms with Crippen molar-refractivity contribution in [3.8, 4) is 0 Å². The highest BCUT2D eigenvalue weighted by molar-refractivity contribution is 7.89. The Balaban J connectivity index is 1.75. The number of carbonyl (C=O) groups excluding carboxylic acids is 2. The number of benzene rings is 1. The molecule has 8 nitrogen and oxygen atoms in total. The molecule has 2 unspecified atom stereocenters. The highest BCUT2D eigenvalue weighted by atomic mass is 32.2. The van der Waals surface area contributed by atoms with E-state index >= 15 is 0 Å². The van der Waals surface area contributed by atoms with Gasteiger partial charge in [0, 0.05) is 37.8 Å². The van der Waals surface area contributed by atoms with Gasteiger partial charge in [0.05, 0.1) is 10.8 Å². The summed E-state index contributed by atoms with van der Waals surface area (Å²) < 4.78 is 23.0. The quantitative estimate of drug-likeness (QED) is 0.755. The van der Waals surface area contributed by atoms with E-state index in [2.05, 4.69) is 0 Å². The van der Waals surface area contributed by atoms with Crippen LogP contribution >= 0.6 is 0 Å². The van der Waals surface area contributed by atoms with E-state index in [1.165, 1.54) is 23.1 Å². The first-order valence-corrected chi connectivity index (χ1v) is 9.78. The summed E-state index contributed by atoms with van der Waals surface area (Å²) in [6.45, 7) is 1.42. The second-order valence-electron chi connectivity index (χ2n) is 6.63. The largest absolute Gasteiger partial charge is 0.341 e. The molecule has 2 atom stereocenters. The van der Waals surface area contributed by atoms with Gasteiger partial charge < -0.3 is 15.5 Å². The summed E-state index contributed by atoms with van der Waals surface area (Å²) in [5.74, 6) is -0.698. The third kappa shape index (κ3) is 3.83. The minimum Gasteiger partial charge on any atom is -0.341 e. The van der Waals surface area contributed by atoms with Gasteiger partial charge in [0.1, 0.15) is 0 Å². The van der Waals surface area contributed by atoms with Crippen LogP contribution in [0.3, 0.4) is 0 Å². The van der Waals surface area contributed by atoms with Gasteiger partial charge in [-0.3, -0.25) is 9.59 Å². The van der Waals surface area contributed by atoms with Gasteiger partial charge in [-0.25, -0.2) is 13.6 Å². The Kier molecular flexibility index (Phi) is 4.81. The van der Waals surface area contributed by atoms with Gasteiger partial charge in [-0.15, -0.1) is 0 Å². The summed E-state index contributed by atoms with van der Waals surface area (Å²) in [5.41, 5.74) is 6.36. The molecular formula is C16H22N4O4S. The number of nitrogens with zero attached hydrogens (tertiary/aromatic N) is 2. The molecule has 9 heteroatoms. The molecule has 3 rings (SSSR count). The number of sulfonamides is 1. The average molecular weight is 366 g/mol. The number of carbonyl (C=O) groups is 2. The molecule has 1 aromatic carbocycles. The van der Waals surface area contributed by atoms with Crippen molar-refractivity contribution in [1.29, 1.82) is 0 Å². The third-order valence-corrected chi connectivity index (χ3v) is 5.61. The molecule has 0 radical (unpaired) electrons. The molecule has 0 bridgehead atoms. The molecule has 2 amide bonds. The summed E-state index contributed by atoms with van der Waals surface area (Å²) in [4.78, 5) is 28.1. The van der Waals surface area contributed by atoms with Crippen molar-refractivity contribution in [1.82, 2.24) is 4.90 Å². The van der Waals surface area contributed by atoms with Crippen LogP contribution in [-0.2, 0) is 19.6 Å². The lowest BCUT2D eigenvalue weighted by molar-refractivity contribution is -0.136. The van der Waals surface area contributed by atoms with E-state index in [9.17, 15) is 18.0 Å². The zero-order valence-corrected chi connectivity index (χ0v) is 14.6. The fraction of sp³-hybridized carbons (Fsp3) is 0.500. The number of nitrogens with two attached hydrogens (primary N) is 2. The monoisotopic (exact) mass is 366 g/mol. The van der Waals surface area contributed by atoms with E-state index < -0.39 is 15.9 Å². The van der Waals surface area contributed by atoms with E-state index in [1.807, 2.05) is 0 Å². The number of hydrogen-bond donors (Lipinski definition) is 2. The smallest absolute Gasteiger partial charge is 0.238 e. The van der Waals surface area contributed by atoms with Crippen molar-refractivity contribution < 1.29 is 18.0 Å². The van der Waals surface area contributed by atoms with E-state index in [0.717, 1.165) is 12.8 Å². The number of anilines is 1. The highest BCUT2D eigenvalue weighted by Gasteiger charge is 2.38. The zero-order chi connectivity index (χ0) is 18.2. The Labute approximate surface area is 146 Å². The first kappa shape index (κ1) is 17.8. The van der Waals surface area contributed by atoms with Gasteiger partial charge in [0.2, 0.25) is 21.8 Å². The van der Waals surface area contributed by atoms with Gasteiger partial charge >= 0.3 is 0 Å². The van der Waals surface area contributed by atoms with Crippen LogP contribution in [0.25, 0.3) is 0 Å². The van der Waals surface area contributed by atoms with E-state index in [-0.39, 0.29) is 35.7 Å². The normalized spacial score (nSPS) is 24.6. The molecule has 2 heterocycles. The summed E-state index contributed by atoms with van der Waals surface area (Å²) in [6.07, 6.45) is 1.89. The number of amides is 2. The molecule has 2 aliphatic rings. The molecule has 2 aliphatic heterocycles. The number of rotatable bonds is 3. The lowest BCUT2D eigenvalue weighted by Gasteiger charge is -2.32. The fourth-order valence-electron chi connectivity index (χ4n) is 3.42. The summed E-state index contributed by atoms with van der Waals surface area (Å²) in [5, 5.41) is 5.14. The molecule has 136 valence electrons. The van der Waals surface area contributed by atoms with Crippen LogP contribution in [0.2, 0.25) is 0 Å². The average Bonchev–Trinajstić information content (AvgIpc) is 2.95. The maximum absolute atomic E-state index is 12.7. The van der Waals surface area contributed by atoms with Crippen molar-refractivity contribution in [3.05, 3.63) is 24.3 Å². The number of hydrogen-bond acceptors (Lipinski definition) is 5. The fourth-order valence-corrected chi connectivity index (χ4v) is 3.97. The minimum absolute atomic E-state index is 0.0163. The zero-order valence-electron chi connectivity index (χ0n) is 13.8. The Hall–Kier alpha value is -1.97. The summed E-state index contributed by atoms with van der Waals surface area (Å²) >= 11 is 0. The Morgan fingerprint density at radius 1 is 1.24 bits per heavy atom. The Morgan fingerprint density at radius 3 is 2.68 bits per heavy atom. The Bertz CT molecular complexity index is 795. The first-order valence-electron chi connectivity index (χ1n) is 8.23. The highest BCUT2D eigenvalue weighted by Crippen LogP contribution is 2.28. The van der Waals surface area contributed by atoms with Crippen molar-refractivity contribution in [2.45, 2.75) is 30.2 Å². The molecule has 0 saturated carbocycles. The summed E-state index contributed by atoms with van der Waals surface area (Å²) in [6, 6.07) is 5.88. The summed E-state index contributed by atoms with van der Waals surface area (Å²) in [7, 11) is -3.85. The van der Waals surface area contributed by atoms with Crippen LogP contribution in [0, 0.1) is 5.92 Å². The minimum atomic E-state index is -3.85. The lowest BCUT2D eigenvalue weighted by atomic mass is 10.0. The van der Waals surface area contributed by atoms with Gasteiger partial charge in [0.15, 0.2) is 0 Å².